The lowest BCUT2D eigenvalue weighted by atomic mass is 10.2. The van der Waals surface area contributed by atoms with Crippen molar-refractivity contribution in [2.75, 3.05) is 5.32 Å². The van der Waals surface area contributed by atoms with E-state index in [0.717, 1.165) is 25.7 Å². The maximum absolute atomic E-state index is 4.60. The summed E-state index contributed by atoms with van der Waals surface area (Å²) < 4.78 is 2.76. The molecule has 0 atom stereocenters. The maximum atomic E-state index is 4.60. The van der Waals surface area contributed by atoms with E-state index in [0.29, 0.717) is 5.95 Å². The highest BCUT2D eigenvalue weighted by Gasteiger charge is 2.12. The lowest BCUT2D eigenvalue weighted by Crippen LogP contribution is -1.97. The second-order valence-electron chi connectivity index (χ2n) is 4.62. The third-order valence-corrected chi connectivity index (χ3v) is 4.59. The predicted molar refractivity (Wildman–Crippen MR) is 91.5 cm³/mol. The monoisotopic (exact) mass is 371 g/mol. The molecule has 0 aliphatic heterocycles. The van der Waals surface area contributed by atoms with Gasteiger partial charge in [0.1, 0.15) is 5.01 Å². The van der Waals surface area contributed by atoms with Crippen LogP contribution in [0.25, 0.3) is 15.5 Å². The molecule has 0 unspecified atom stereocenters. The highest BCUT2D eigenvalue weighted by atomic mass is 79.9. The molecule has 2 heterocycles. The molecule has 22 heavy (non-hydrogen) atoms. The van der Waals surface area contributed by atoms with E-state index in [-0.39, 0.29) is 0 Å². The molecular formula is C15H10BrN5S. The van der Waals surface area contributed by atoms with Crippen molar-refractivity contribution in [2.24, 2.45) is 0 Å². The summed E-state index contributed by atoms with van der Waals surface area (Å²) in [6.45, 7) is 0. The van der Waals surface area contributed by atoms with Gasteiger partial charge in [0, 0.05) is 15.7 Å². The Balaban J connectivity index is 1.70. The van der Waals surface area contributed by atoms with Crippen LogP contribution < -0.4 is 5.32 Å². The standard InChI is InChI=1S/C15H10BrN5S/c16-11-6-8-12(9-7-11)17-14-18-19-15-21(14)20-13(22-15)10-4-2-1-3-5-10/h1-9H,(H,17,18). The summed E-state index contributed by atoms with van der Waals surface area (Å²) in [6.07, 6.45) is 0. The lowest BCUT2D eigenvalue weighted by molar-refractivity contribution is 0.969. The molecule has 1 N–H and O–H groups in total. The van der Waals surface area contributed by atoms with E-state index in [1.54, 1.807) is 4.52 Å². The van der Waals surface area contributed by atoms with Crippen LogP contribution in [0, 0.1) is 0 Å². The highest BCUT2D eigenvalue weighted by molar-refractivity contribution is 9.10. The maximum Gasteiger partial charge on any atom is 0.251 e. The molecule has 5 nitrogen and oxygen atoms in total. The highest BCUT2D eigenvalue weighted by Crippen LogP contribution is 2.27. The second kappa shape index (κ2) is 5.51. The number of hydrogen-bond acceptors (Lipinski definition) is 5. The SMILES string of the molecule is Brc1ccc(Nc2nnc3sc(-c4ccccc4)nn23)cc1. The quantitative estimate of drug-likeness (QED) is 0.581. The minimum absolute atomic E-state index is 0.607. The largest absolute Gasteiger partial charge is 0.323 e. The van der Waals surface area contributed by atoms with Crippen LogP contribution in [0.1, 0.15) is 0 Å². The molecule has 4 rings (SSSR count). The Morgan fingerprint density at radius 3 is 2.50 bits per heavy atom. The number of fused-ring (bicyclic) bond motifs is 1. The molecule has 7 heteroatoms. The van der Waals surface area contributed by atoms with Gasteiger partial charge in [-0.15, -0.1) is 10.2 Å². The van der Waals surface area contributed by atoms with Crippen molar-refractivity contribution in [2.45, 2.75) is 0 Å². The number of nitrogens with one attached hydrogen (secondary N) is 1. The van der Waals surface area contributed by atoms with Crippen molar-refractivity contribution in [3.8, 4) is 10.6 Å². The number of halogens is 1. The summed E-state index contributed by atoms with van der Waals surface area (Å²) in [5, 5.41) is 17.1. The number of anilines is 2. The van der Waals surface area contributed by atoms with Gasteiger partial charge in [0.25, 0.3) is 5.95 Å². The van der Waals surface area contributed by atoms with Gasteiger partial charge in [-0.3, -0.25) is 0 Å². The van der Waals surface area contributed by atoms with Gasteiger partial charge in [-0.05, 0) is 24.3 Å². The Kier molecular flexibility index (Phi) is 3.36. The van der Waals surface area contributed by atoms with Crippen molar-refractivity contribution in [1.82, 2.24) is 19.8 Å². The molecule has 0 radical (unpaired) electrons. The van der Waals surface area contributed by atoms with Gasteiger partial charge < -0.3 is 5.32 Å². The van der Waals surface area contributed by atoms with Crippen LogP contribution in [0.2, 0.25) is 0 Å². The Bertz CT molecular complexity index is 914. The Hall–Kier alpha value is -2.25. The number of nitrogens with zero attached hydrogens (tertiary/aromatic N) is 4. The Morgan fingerprint density at radius 1 is 0.955 bits per heavy atom. The van der Waals surface area contributed by atoms with Gasteiger partial charge >= 0.3 is 0 Å². The zero-order chi connectivity index (χ0) is 14.9. The zero-order valence-electron chi connectivity index (χ0n) is 11.3. The molecule has 0 bridgehead atoms. The zero-order valence-corrected chi connectivity index (χ0v) is 13.7. The van der Waals surface area contributed by atoms with Gasteiger partial charge in [0.15, 0.2) is 0 Å². The normalized spacial score (nSPS) is 11.0. The van der Waals surface area contributed by atoms with E-state index < -0.39 is 0 Å². The fourth-order valence-electron chi connectivity index (χ4n) is 2.05. The molecule has 0 aliphatic rings. The van der Waals surface area contributed by atoms with Crippen LogP contribution >= 0.6 is 27.3 Å². The Morgan fingerprint density at radius 2 is 1.73 bits per heavy atom. The van der Waals surface area contributed by atoms with Crippen molar-refractivity contribution in [1.29, 1.82) is 0 Å². The van der Waals surface area contributed by atoms with Crippen LogP contribution in [0.4, 0.5) is 11.6 Å². The molecule has 0 saturated carbocycles. The van der Waals surface area contributed by atoms with Crippen molar-refractivity contribution in [3.05, 3.63) is 59.1 Å². The van der Waals surface area contributed by atoms with E-state index in [2.05, 4.69) is 36.5 Å². The first-order valence-corrected chi connectivity index (χ1v) is 8.21. The van der Waals surface area contributed by atoms with E-state index in [9.17, 15) is 0 Å². The first-order valence-electron chi connectivity index (χ1n) is 6.60. The topological polar surface area (TPSA) is 55.1 Å². The van der Waals surface area contributed by atoms with Crippen LogP contribution in [-0.4, -0.2) is 19.8 Å². The van der Waals surface area contributed by atoms with Crippen LogP contribution in [0.15, 0.2) is 59.1 Å². The third-order valence-electron chi connectivity index (χ3n) is 3.11. The number of rotatable bonds is 3. The van der Waals surface area contributed by atoms with Crippen LogP contribution in [0.5, 0.6) is 0 Å². The van der Waals surface area contributed by atoms with Crippen molar-refractivity contribution < 1.29 is 0 Å². The molecule has 2 aromatic carbocycles. The molecule has 0 aliphatic carbocycles. The van der Waals surface area contributed by atoms with E-state index in [1.807, 2.05) is 54.6 Å². The van der Waals surface area contributed by atoms with Crippen molar-refractivity contribution >= 4 is 43.9 Å². The average Bonchev–Trinajstić information content (AvgIpc) is 3.12. The molecule has 4 aromatic rings. The average molecular weight is 372 g/mol. The van der Waals surface area contributed by atoms with Gasteiger partial charge in [0.05, 0.1) is 0 Å². The lowest BCUT2D eigenvalue weighted by Gasteiger charge is -2.02. The summed E-state index contributed by atoms with van der Waals surface area (Å²) in [4.78, 5) is 0.762. The van der Waals surface area contributed by atoms with E-state index >= 15 is 0 Å². The van der Waals surface area contributed by atoms with Gasteiger partial charge in [-0.2, -0.15) is 9.61 Å². The fraction of sp³-hybridized carbons (Fsp3) is 0. The number of hydrogen-bond donors (Lipinski definition) is 1. The molecule has 2 aromatic heterocycles. The minimum atomic E-state index is 0.607. The van der Waals surface area contributed by atoms with E-state index in [1.165, 1.54) is 11.3 Å². The Labute approximate surface area is 138 Å². The van der Waals surface area contributed by atoms with Gasteiger partial charge in [-0.25, -0.2) is 0 Å². The predicted octanol–water partition coefficient (Wildman–Crippen LogP) is 4.36. The molecule has 0 spiro atoms. The first-order chi connectivity index (χ1) is 10.8. The smallest absolute Gasteiger partial charge is 0.251 e. The number of aromatic nitrogens is 4. The molecule has 108 valence electrons. The second-order valence-corrected chi connectivity index (χ2v) is 6.49. The van der Waals surface area contributed by atoms with Gasteiger partial charge in [0.2, 0.25) is 4.96 Å². The molecule has 0 saturated heterocycles. The number of benzene rings is 2. The molecule has 0 fully saturated rings. The summed E-state index contributed by atoms with van der Waals surface area (Å²) in [7, 11) is 0. The van der Waals surface area contributed by atoms with Crippen LogP contribution in [-0.2, 0) is 0 Å². The van der Waals surface area contributed by atoms with Crippen LogP contribution in [0.3, 0.4) is 0 Å². The van der Waals surface area contributed by atoms with Crippen molar-refractivity contribution in [3.63, 3.8) is 0 Å². The first kappa shape index (κ1) is 13.4. The van der Waals surface area contributed by atoms with E-state index in [4.69, 9.17) is 0 Å². The summed E-state index contributed by atoms with van der Waals surface area (Å²) in [6, 6.07) is 17.9. The van der Waals surface area contributed by atoms with Gasteiger partial charge in [-0.1, -0.05) is 57.6 Å². The minimum Gasteiger partial charge on any atom is -0.323 e. The summed E-state index contributed by atoms with van der Waals surface area (Å²) in [5.41, 5.74) is 2.01. The third kappa shape index (κ3) is 2.49. The molecular weight excluding hydrogens is 362 g/mol. The fourth-order valence-corrected chi connectivity index (χ4v) is 3.16. The summed E-state index contributed by atoms with van der Waals surface area (Å²) >= 11 is 4.94. The summed E-state index contributed by atoms with van der Waals surface area (Å²) in [5.74, 6) is 0.607. The molecule has 0 amide bonds.